The summed E-state index contributed by atoms with van der Waals surface area (Å²) < 4.78 is 25.2. The van der Waals surface area contributed by atoms with Gasteiger partial charge in [0.15, 0.2) is 11.4 Å². The van der Waals surface area contributed by atoms with Crippen LogP contribution in [-0.2, 0) is 9.47 Å². The second kappa shape index (κ2) is 31.7. The fourth-order valence-electron chi connectivity index (χ4n) is 2.84. The van der Waals surface area contributed by atoms with E-state index in [-0.39, 0.29) is 43.6 Å². The zero-order valence-electron chi connectivity index (χ0n) is 27.1. The Morgan fingerprint density at radius 2 is 1.10 bits per heavy atom. The third-order valence-electron chi connectivity index (χ3n) is 5.05. The van der Waals surface area contributed by atoms with Crippen LogP contribution in [0.4, 0.5) is 15.8 Å². The van der Waals surface area contributed by atoms with Crippen molar-refractivity contribution in [1.29, 1.82) is 5.41 Å². The SMILES string of the molecule is CCOC(=N)c1ccc(S)c(Br)c1.CCOC(=O)c1ccc(S)c(Br)c1.Cl.S.[C-]#[N+]c1ccc(F)c(Br)c1.[C-]#[N+]c1ccc(S)c(Br)c1.[Na][Na]. The Morgan fingerprint density at radius 1 is 0.720 bits per heavy atom. The van der Waals surface area contributed by atoms with Gasteiger partial charge in [-0.05, 0) is 116 Å². The third kappa shape index (κ3) is 21.9. The van der Waals surface area contributed by atoms with Crippen molar-refractivity contribution >= 4 is 194 Å². The van der Waals surface area contributed by atoms with Crippen molar-refractivity contribution in [2.75, 3.05) is 13.2 Å². The summed E-state index contributed by atoms with van der Waals surface area (Å²) in [4.78, 5) is 20.1. The van der Waals surface area contributed by atoms with E-state index in [0.717, 1.165) is 33.7 Å². The van der Waals surface area contributed by atoms with E-state index < -0.39 is 0 Å². The van der Waals surface area contributed by atoms with Gasteiger partial charge in [-0.3, -0.25) is 5.41 Å². The van der Waals surface area contributed by atoms with Gasteiger partial charge >= 0.3 is 49.6 Å². The maximum atomic E-state index is 12.5. The molecule has 0 aliphatic carbocycles. The Balaban J connectivity index is -0.000000575. The number of rotatable bonds is 4. The molecule has 0 saturated carbocycles. The molecule has 0 amide bonds. The molecule has 50 heavy (non-hydrogen) atoms. The summed E-state index contributed by atoms with van der Waals surface area (Å²) in [7, 11) is 0. The molecule has 6 nitrogen and oxygen atoms in total. The molecule has 0 aromatic heterocycles. The van der Waals surface area contributed by atoms with Crippen molar-refractivity contribution in [3.8, 4) is 0 Å². The van der Waals surface area contributed by atoms with Crippen LogP contribution in [0.2, 0.25) is 0 Å². The number of hydrogen-bond donors (Lipinski definition) is 4. The quantitative estimate of drug-likeness (QED) is 0.0411. The van der Waals surface area contributed by atoms with Gasteiger partial charge in [0.25, 0.3) is 0 Å². The Hall–Kier alpha value is 0.340. The standard InChI is InChI=1S/C9H10BrNOS.C9H9BrO2S.C7H3BrFN.C7H4BrNS.ClH.2Na.H2S/c2*1-2-12-9(11)6-3-4-8(13)7(10)5-6;1-10-5-2-3-7(9)6(8)4-5;1-9-5-2-3-7(10)6(8)4-5;;;;/h3-5,11,13H,2H2,1H3;3-5,13H,2H2,1H3;2-4H;2-4,10H;1H;;;1H2. The Morgan fingerprint density at radius 3 is 1.50 bits per heavy atom. The second-order valence-corrected chi connectivity index (χ2v) is 13.1. The molecule has 0 atom stereocenters. The van der Waals surface area contributed by atoms with Gasteiger partial charge in [-0.15, -0.1) is 50.3 Å². The van der Waals surface area contributed by atoms with Crippen LogP contribution in [-0.4, -0.2) is 68.7 Å². The number of esters is 1. The minimum atomic E-state index is -0.340. The van der Waals surface area contributed by atoms with Crippen molar-refractivity contribution in [1.82, 2.24) is 0 Å². The van der Waals surface area contributed by atoms with E-state index in [4.69, 9.17) is 28.0 Å². The molecule has 0 radical (unpaired) electrons. The third-order valence-corrected chi connectivity index (χ3v) is 9.72. The Bertz CT molecular complexity index is 1640. The van der Waals surface area contributed by atoms with E-state index in [2.05, 4.69) is 111 Å². The molecule has 0 aliphatic heterocycles. The Labute approximate surface area is 385 Å². The Kier molecular flexibility index (Phi) is 34.6. The summed E-state index contributed by atoms with van der Waals surface area (Å²) >= 11 is 28.3. The van der Waals surface area contributed by atoms with Crippen molar-refractivity contribution < 1.29 is 18.7 Å². The van der Waals surface area contributed by atoms with Crippen molar-refractivity contribution in [2.45, 2.75) is 28.5 Å². The molecule has 0 bridgehead atoms. The van der Waals surface area contributed by atoms with Crippen LogP contribution in [0.15, 0.2) is 105 Å². The number of carbonyl (C=O) groups excluding carboxylic acids is 1. The van der Waals surface area contributed by atoms with Crippen LogP contribution in [0.3, 0.4) is 0 Å². The van der Waals surface area contributed by atoms with Crippen LogP contribution < -0.4 is 0 Å². The number of benzene rings is 4. The molecule has 4 aromatic rings. The van der Waals surface area contributed by atoms with E-state index in [0.29, 0.717) is 34.6 Å². The fraction of sp³-hybridized carbons (Fsp3) is 0.125. The summed E-state index contributed by atoms with van der Waals surface area (Å²) in [6.45, 7) is 17.8. The second-order valence-electron chi connectivity index (χ2n) is 8.27. The minimum absolute atomic E-state index is 0. The summed E-state index contributed by atoms with van der Waals surface area (Å²) in [6, 6.07) is 20.0. The monoisotopic (exact) mass is 1050 g/mol. The van der Waals surface area contributed by atoms with Crippen LogP contribution in [0.1, 0.15) is 29.8 Å². The summed E-state index contributed by atoms with van der Waals surface area (Å²) in [5.41, 5.74) is 2.36. The molecule has 0 saturated heterocycles. The van der Waals surface area contributed by atoms with Gasteiger partial charge in [0.2, 0.25) is 5.90 Å². The van der Waals surface area contributed by atoms with Gasteiger partial charge in [-0.25, -0.2) is 18.9 Å². The van der Waals surface area contributed by atoms with Gasteiger partial charge in [0.05, 0.1) is 31.9 Å². The molecular weight excluding hydrogens is 1020 g/mol. The van der Waals surface area contributed by atoms with E-state index in [1.54, 1.807) is 43.3 Å². The first-order valence-electron chi connectivity index (χ1n) is 13.8. The molecule has 258 valence electrons. The predicted molar refractivity (Wildman–Crippen MR) is 234 cm³/mol. The number of carbonyl (C=O) groups is 1. The predicted octanol–water partition coefficient (Wildman–Crippen LogP) is 12.2. The van der Waals surface area contributed by atoms with E-state index in [1.165, 1.54) is 61.8 Å². The van der Waals surface area contributed by atoms with Crippen LogP contribution in [0.25, 0.3) is 9.69 Å². The summed E-state index contributed by atoms with van der Waals surface area (Å²) in [5.74, 6) is -0.458. The van der Waals surface area contributed by atoms with Crippen LogP contribution >= 0.6 is 128 Å². The summed E-state index contributed by atoms with van der Waals surface area (Å²) in [5, 5.41) is 7.53. The van der Waals surface area contributed by atoms with E-state index in [1.807, 2.05) is 25.1 Å². The summed E-state index contributed by atoms with van der Waals surface area (Å²) in [6.07, 6.45) is 0. The average molecular weight is 1050 g/mol. The zero-order valence-corrected chi connectivity index (χ0v) is 41.9. The average Bonchev–Trinajstić information content (AvgIpc) is 3.08. The topological polar surface area (TPSA) is 68.1 Å². The number of halogens is 6. The number of hydrogen-bond acceptors (Lipinski definition) is 7. The molecular formula is C32H29Br4ClFN3Na2O3S4. The molecule has 0 aliphatic rings. The number of nitrogens with one attached hydrogen (secondary N) is 1. The molecule has 0 unspecified atom stereocenters. The van der Waals surface area contributed by atoms with Crippen molar-refractivity contribution in [3.05, 3.63) is 130 Å². The molecule has 4 aromatic carbocycles. The molecule has 1 N–H and O–H groups in total. The number of thiol groups is 3. The molecule has 18 heteroatoms. The van der Waals surface area contributed by atoms with Gasteiger partial charge in [0, 0.05) is 38.1 Å². The molecule has 0 heterocycles. The first-order chi connectivity index (χ1) is 22.8. The molecule has 4 rings (SSSR count). The van der Waals surface area contributed by atoms with Crippen LogP contribution in [0.5, 0.6) is 0 Å². The number of nitrogens with zero attached hydrogens (tertiary/aromatic N) is 2. The van der Waals surface area contributed by atoms with Gasteiger partial charge in [-0.1, -0.05) is 34.1 Å². The number of ether oxygens (including phenoxy) is 2. The van der Waals surface area contributed by atoms with Gasteiger partial charge in [0.1, 0.15) is 5.82 Å². The van der Waals surface area contributed by atoms with Gasteiger partial charge in [-0.2, -0.15) is 13.5 Å². The first kappa shape index (κ1) is 54.7. The molecule has 0 fully saturated rings. The normalized spacial score (nSPS) is 8.80. The van der Waals surface area contributed by atoms with Crippen molar-refractivity contribution in [2.24, 2.45) is 0 Å². The van der Waals surface area contributed by atoms with Gasteiger partial charge < -0.3 is 9.47 Å². The van der Waals surface area contributed by atoms with Crippen molar-refractivity contribution in [3.63, 3.8) is 0 Å². The van der Waals surface area contributed by atoms with Crippen LogP contribution in [0, 0.1) is 24.4 Å². The van der Waals surface area contributed by atoms with E-state index >= 15 is 0 Å². The molecule has 0 spiro atoms. The zero-order chi connectivity index (χ0) is 36.8. The first-order valence-corrected chi connectivity index (χ1v) is 26.3. The van der Waals surface area contributed by atoms with E-state index in [9.17, 15) is 9.18 Å². The maximum absolute atomic E-state index is 12.5. The fourth-order valence-corrected chi connectivity index (χ4v) is 4.75.